The van der Waals surface area contributed by atoms with Gasteiger partial charge in [-0.15, -0.1) is 0 Å². The van der Waals surface area contributed by atoms with Crippen molar-refractivity contribution in [1.29, 1.82) is 0 Å². The summed E-state index contributed by atoms with van der Waals surface area (Å²) in [4.78, 5) is 19.4. The number of aryl methyl sites for hydroxylation is 1. The number of aromatic amines is 1. The Morgan fingerprint density at radius 2 is 2.42 bits per heavy atom. The largest absolute Gasteiger partial charge is 0.369 e. The highest BCUT2D eigenvalue weighted by Crippen LogP contribution is 2.04. The molecule has 0 unspecified atom stereocenters. The van der Waals surface area contributed by atoms with Crippen LogP contribution in [0.1, 0.15) is 11.7 Å². The molecule has 0 fully saturated rings. The number of hydrogen-bond acceptors (Lipinski definition) is 7. The van der Waals surface area contributed by atoms with Crippen LogP contribution in [0.25, 0.3) is 5.65 Å². The van der Waals surface area contributed by atoms with Gasteiger partial charge in [0.25, 0.3) is 0 Å². The maximum Gasteiger partial charge on any atom is 0.348 e. The minimum Gasteiger partial charge on any atom is -0.369 e. The highest BCUT2D eigenvalue weighted by molar-refractivity contribution is 5.48. The van der Waals surface area contributed by atoms with Crippen LogP contribution < -0.4 is 11.0 Å². The molecule has 9 heteroatoms. The van der Waals surface area contributed by atoms with Crippen molar-refractivity contribution >= 4 is 11.5 Å². The monoisotopic (exact) mass is 261 g/mol. The Balaban J connectivity index is 1.66. The van der Waals surface area contributed by atoms with Crippen LogP contribution >= 0.6 is 0 Å². The molecule has 0 saturated carbocycles. The topological polar surface area (TPSA) is 114 Å². The third-order valence-corrected chi connectivity index (χ3v) is 2.53. The fourth-order valence-electron chi connectivity index (χ4n) is 1.65. The summed E-state index contributed by atoms with van der Waals surface area (Å²) in [6.07, 6.45) is 2.04. The third-order valence-electron chi connectivity index (χ3n) is 2.53. The molecule has 0 saturated heterocycles. The van der Waals surface area contributed by atoms with Crippen LogP contribution in [-0.2, 0) is 6.42 Å². The fraction of sp³-hybridized carbons (Fsp3) is 0.300. The number of fused-ring (bicyclic) bond motifs is 1. The molecule has 2 N–H and O–H groups in total. The molecule has 0 amide bonds. The van der Waals surface area contributed by atoms with Gasteiger partial charge in [-0.1, -0.05) is 5.16 Å². The average molecular weight is 261 g/mol. The first-order valence-electron chi connectivity index (χ1n) is 5.68. The molecule has 0 atom stereocenters. The van der Waals surface area contributed by atoms with Crippen LogP contribution in [0.5, 0.6) is 0 Å². The molecule has 0 aromatic carbocycles. The second-order valence-corrected chi connectivity index (χ2v) is 3.94. The molecule has 0 bridgehead atoms. The van der Waals surface area contributed by atoms with Crippen molar-refractivity contribution < 1.29 is 4.52 Å². The summed E-state index contributed by atoms with van der Waals surface area (Å²) in [5, 5.41) is 13.1. The first-order chi connectivity index (χ1) is 9.22. The summed E-state index contributed by atoms with van der Waals surface area (Å²) in [7, 11) is 0. The van der Waals surface area contributed by atoms with Crippen LogP contribution in [0, 0.1) is 6.92 Å². The molecule has 0 aliphatic rings. The van der Waals surface area contributed by atoms with E-state index >= 15 is 0 Å². The van der Waals surface area contributed by atoms with E-state index in [1.807, 2.05) is 0 Å². The summed E-state index contributed by atoms with van der Waals surface area (Å²) in [6, 6.07) is 1.68. The molecular weight excluding hydrogens is 250 g/mol. The first kappa shape index (κ1) is 11.4. The van der Waals surface area contributed by atoms with Gasteiger partial charge in [0.2, 0.25) is 5.89 Å². The maximum absolute atomic E-state index is 11.2. The van der Waals surface area contributed by atoms with Crippen molar-refractivity contribution in [3.63, 3.8) is 0 Å². The van der Waals surface area contributed by atoms with Gasteiger partial charge in [0.15, 0.2) is 11.5 Å². The lowest BCUT2D eigenvalue weighted by atomic mass is 10.4. The third kappa shape index (κ3) is 2.30. The van der Waals surface area contributed by atoms with E-state index in [4.69, 9.17) is 4.52 Å². The number of hydrogen-bond donors (Lipinski definition) is 2. The molecule has 0 spiro atoms. The molecule has 3 heterocycles. The Hall–Kier alpha value is -2.71. The van der Waals surface area contributed by atoms with Gasteiger partial charge in [-0.05, 0) is 0 Å². The molecule has 98 valence electrons. The van der Waals surface area contributed by atoms with E-state index in [1.165, 1.54) is 10.7 Å². The second kappa shape index (κ2) is 4.52. The quantitative estimate of drug-likeness (QED) is 0.666. The van der Waals surface area contributed by atoms with Crippen molar-refractivity contribution in [3.05, 3.63) is 34.6 Å². The van der Waals surface area contributed by atoms with Crippen LogP contribution in [0.15, 0.2) is 21.7 Å². The van der Waals surface area contributed by atoms with Crippen LogP contribution in [-0.4, -0.2) is 36.3 Å². The fourth-order valence-corrected chi connectivity index (χ4v) is 1.65. The van der Waals surface area contributed by atoms with Gasteiger partial charge in [0.05, 0.1) is 0 Å². The van der Waals surface area contributed by atoms with Crippen molar-refractivity contribution in [2.75, 3.05) is 11.9 Å². The van der Waals surface area contributed by atoms with Gasteiger partial charge in [0.1, 0.15) is 12.1 Å². The lowest BCUT2D eigenvalue weighted by Gasteiger charge is -2.02. The number of nitrogens with one attached hydrogen (secondary N) is 2. The van der Waals surface area contributed by atoms with Gasteiger partial charge in [-0.25, -0.2) is 19.3 Å². The zero-order chi connectivity index (χ0) is 13.2. The Labute approximate surface area is 106 Å². The van der Waals surface area contributed by atoms with Gasteiger partial charge >= 0.3 is 5.69 Å². The molecule has 19 heavy (non-hydrogen) atoms. The molecule has 3 rings (SSSR count). The second-order valence-electron chi connectivity index (χ2n) is 3.94. The number of H-pyrrole nitrogens is 1. The van der Waals surface area contributed by atoms with Gasteiger partial charge in [0, 0.05) is 26.0 Å². The van der Waals surface area contributed by atoms with Gasteiger partial charge < -0.3 is 9.84 Å². The number of anilines is 1. The van der Waals surface area contributed by atoms with Crippen molar-refractivity contribution in [2.24, 2.45) is 0 Å². The summed E-state index contributed by atoms with van der Waals surface area (Å²) < 4.78 is 6.20. The van der Waals surface area contributed by atoms with E-state index in [1.54, 1.807) is 13.0 Å². The minimum atomic E-state index is -0.309. The SMILES string of the molecule is Cc1nc(CCNc2cc3n[nH]c(=O)n3cn2)no1. The molecule has 3 aromatic heterocycles. The van der Waals surface area contributed by atoms with E-state index in [-0.39, 0.29) is 5.69 Å². The summed E-state index contributed by atoms with van der Waals surface area (Å²) in [5.74, 6) is 1.82. The van der Waals surface area contributed by atoms with Gasteiger partial charge in [-0.2, -0.15) is 10.1 Å². The van der Waals surface area contributed by atoms with Crippen LogP contribution in [0.2, 0.25) is 0 Å². The zero-order valence-corrected chi connectivity index (χ0v) is 10.1. The van der Waals surface area contributed by atoms with E-state index in [0.717, 1.165) is 0 Å². The average Bonchev–Trinajstić information content (AvgIpc) is 2.97. The predicted octanol–water partition coefficient (Wildman–Crippen LogP) is -0.236. The van der Waals surface area contributed by atoms with E-state index in [9.17, 15) is 4.79 Å². The highest BCUT2D eigenvalue weighted by atomic mass is 16.5. The summed E-state index contributed by atoms with van der Waals surface area (Å²) >= 11 is 0. The van der Waals surface area contributed by atoms with Crippen LogP contribution in [0.4, 0.5) is 5.82 Å². The normalized spacial score (nSPS) is 11.0. The molecule has 9 nitrogen and oxygen atoms in total. The zero-order valence-electron chi connectivity index (χ0n) is 10.1. The lowest BCUT2D eigenvalue weighted by molar-refractivity contribution is 0.387. The van der Waals surface area contributed by atoms with E-state index in [2.05, 4.69) is 30.6 Å². The number of rotatable bonds is 4. The lowest BCUT2D eigenvalue weighted by Crippen LogP contribution is -2.11. The Kier molecular flexibility index (Phi) is 2.71. The van der Waals surface area contributed by atoms with Gasteiger partial charge in [-0.3, -0.25) is 0 Å². The molecule has 0 radical (unpaired) electrons. The molecule has 0 aliphatic carbocycles. The first-order valence-corrected chi connectivity index (χ1v) is 5.68. The minimum absolute atomic E-state index is 0.309. The molecular formula is C10H11N7O2. The summed E-state index contributed by atoms with van der Waals surface area (Å²) in [6.45, 7) is 2.35. The van der Waals surface area contributed by atoms with E-state index in [0.29, 0.717) is 36.1 Å². The Bertz CT molecular complexity index is 756. The maximum atomic E-state index is 11.2. The van der Waals surface area contributed by atoms with Crippen molar-refractivity contribution in [1.82, 2.24) is 29.7 Å². The van der Waals surface area contributed by atoms with Crippen molar-refractivity contribution in [3.8, 4) is 0 Å². The van der Waals surface area contributed by atoms with E-state index < -0.39 is 0 Å². The number of nitrogens with zero attached hydrogens (tertiary/aromatic N) is 5. The summed E-state index contributed by atoms with van der Waals surface area (Å²) in [5.41, 5.74) is 0.203. The smallest absolute Gasteiger partial charge is 0.348 e. The molecule has 3 aromatic rings. The van der Waals surface area contributed by atoms with Crippen molar-refractivity contribution in [2.45, 2.75) is 13.3 Å². The number of aromatic nitrogens is 6. The van der Waals surface area contributed by atoms with Crippen LogP contribution in [0.3, 0.4) is 0 Å². The Morgan fingerprint density at radius 3 is 3.21 bits per heavy atom. The highest BCUT2D eigenvalue weighted by Gasteiger charge is 2.04. The molecule has 0 aliphatic heterocycles. The standard InChI is InChI=1S/C10H11N7O2/c1-6-13-7(16-19-6)2-3-11-8-4-9-14-15-10(18)17(9)5-12-8/h4-5,11H,2-3H2,1H3,(H,15,18). The predicted molar refractivity (Wildman–Crippen MR) is 64.8 cm³/mol. The Morgan fingerprint density at radius 1 is 1.53 bits per heavy atom.